The number of nitrogens with one attached hydrogen (secondary N) is 1. The Balaban J connectivity index is 2.41. The Labute approximate surface area is 119 Å². The Morgan fingerprint density at radius 3 is 2.75 bits per heavy atom. The molecular weight excluding hydrogens is 274 g/mol. The summed E-state index contributed by atoms with van der Waals surface area (Å²) in [5.74, 6) is 0.329. The van der Waals surface area contributed by atoms with E-state index in [1.54, 1.807) is 25.2 Å². The summed E-state index contributed by atoms with van der Waals surface area (Å²) < 4.78 is 26.7. The van der Waals surface area contributed by atoms with Crippen LogP contribution in [-0.2, 0) is 10.0 Å². The Bertz CT molecular complexity index is 706. The molecule has 1 aromatic carbocycles. The molecular formula is C14H21N3O2S. The summed E-state index contributed by atoms with van der Waals surface area (Å²) in [5.41, 5.74) is 7.05. The quantitative estimate of drug-likeness (QED) is 0.831. The molecule has 0 bridgehead atoms. The minimum atomic E-state index is -3.48. The standard InChI is InChI=1S/C14H21N3O2S/c1-4-10(2)9-17(3)20(18,19)14-8-16-13-7-11(15)5-6-12(13)14/h5-8,10,16H,4,9,15H2,1-3H3. The smallest absolute Gasteiger partial charge is 0.244 e. The Morgan fingerprint density at radius 2 is 2.10 bits per heavy atom. The second kappa shape index (κ2) is 5.46. The van der Waals surface area contributed by atoms with Crippen molar-refractivity contribution in [3.8, 4) is 0 Å². The van der Waals surface area contributed by atoms with Gasteiger partial charge < -0.3 is 10.7 Å². The Hall–Kier alpha value is -1.53. The van der Waals surface area contributed by atoms with Crippen LogP contribution in [0.5, 0.6) is 0 Å². The van der Waals surface area contributed by atoms with Gasteiger partial charge in [0, 0.05) is 36.4 Å². The highest BCUT2D eigenvalue weighted by Gasteiger charge is 2.25. The molecule has 1 unspecified atom stereocenters. The minimum Gasteiger partial charge on any atom is -0.399 e. The number of fused-ring (bicyclic) bond motifs is 1. The molecule has 0 spiro atoms. The zero-order valence-electron chi connectivity index (χ0n) is 12.1. The number of nitrogens with two attached hydrogens (primary N) is 1. The molecule has 3 N–H and O–H groups in total. The molecule has 1 heterocycles. The Kier molecular flexibility index (Phi) is 4.06. The lowest BCUT2D eigenvalue weighted by Crippen LogP contribution is -2.30. The van der Waals surface area contributed by atoms with Crippen LogP contribution in [-0.4, -0.2) is 31.3 Å². The van der Waals surface area contributed by atoms with Crippen molar-refractivity contribution in [1.29, 1.82) is 0 Å². The number of hydrogen-bond acceptors (Lipinski definition) is 3. The summed E-state index contributed by atoms with van der Waals surface area (Å²) in [6.07, 6.45) is 2.48. The SMILES string of the molecule is CCC(C)CN(C)S(=O)(=O)c1c[nH]c2cc(N)ccc12. The second-order valence-electron chi connectivity index (χ2n) is 5.26. The summed E-state index contributed by atoms with van der Waals surface area (Å²) in [5, 5.41) is 0.676. The van der Waals surface area contributed by atoms with Crippen molar-refractivity contribution in [2.24, 2.45) is 5.92 Å². The number of nitrogen functional groups attached to an aromatic ring is 1. The zero-order chi connectivity index (χ0) is 14.9. The van der Waals surface area contributed by atoms with Crippen molar-refractivity contribution in [3.63, 3.8) is 0 Å². The number of anilines is 1. The summed E-state index contributed by atoms with van der Waals surface area (Å²) in [7, 11) is -1.86. The predicted molar refractivity (Wildman–Crippen MR) is 82.0 cm³/mol. The number of benzene rings is 1. The van der Waals surface area contributed by atoms with Crippen molar-refractivity contribution in [1.82, 2.24) is 9.29 Å². The minimum absolute atomic E-state index is 0.304. The van der Waals surface area contributed by atoms with Gasteiger partial charge in [-0.2, -0.15) is 0 Å². The largest absolute Gasteiger partial charge is 0.399 e. The van der Waals surface area contributed by atoms with Crippen molar-refractivity contribution in [2.45, 2.75) is 25.2 Å². The molecule has 2 aromatic rings. The second-order valence-corrected chi connectivity index (χ2v) is 7.27. The molecule has 110 valence electrons. The first-order chi connectivity index (χ1) is 9.36. The monoisotopic (exact) mass is 295 g/mol. The van der Waals surface area contributed by atoms with Gasteiger partial charge >= 0.3 is 0 Å². The average Bonchev–Trinajstić information content (AvgIpc) is 2.81. The Morgan fingerprint density at radius 1 is 1.40 bits per heavy atom. The van der Waals surface area contributed by atoms with Gasteiger partial charge in [0.05, 0.1) is 0 Å². The topological polar surface area (TPSA) is 79.2 Å². The fraction of sp³-hybridized carbons (Fsp3) is 0.429. The molecule has 5 nitrogen and oxygen atoms in total. The van der Waals surface area contributed by atoms with E-state index >= 15 is 0 Å². The van der Waals surface area contributed by atoms with Crippen molar-refractivity contribution >= 4 is 26.6 Å². The molecule has 0 aliphatic rings. The van der Waals surface area contributed by atoms with Crippen LogP contribution < -0.4 is 5.73 Å². The van der Waals surface area contributed by atoms with Crippen molar-refractivity contribution in [2.75, 3.05) is 19.3 Å². The molecule has 1 atom stereocenters. The highest BCUT2D eigenvalue weighted by Crippen LogP contribution is 2.27. The summed E-state index contributed by atoms with van der Waals surface area (Å²) in [6.45, 7) is 4.61. The highest BCUT2D eigenvalue weighted by atomic mass is 32.2. The van der Waals surface area contributed by atoms with Gasteiger partial charge in [0.1, 0.15) is 4.90 Å². The maximum atomic E-state index is 12.6. The third-order valence-electron chi connectivity index (χ3n) is 3.62. The molecule has 0 saturated carbocycles. The fourth-order valence-electron chi connectivity index (χ4n) is 2.16. The van der Waals surface area contributed by atoms with Crippen LogP contribution in [0, 0.1) is 5.92 Å². The first-order valence-electron chi connectivity index (χ1n) is 6.69. The maximum absolute atomic E-state index is 12.6. The number of aromatic nitrogens is 1. The van der Waals surface area contributed by atoms with E-state index in [1.165, 1.54) is 10.5 Å². The lowest BCUT2D eigenvalue weighted by molar-refractivity contribution is 0.394. The van der Waals surface area contributed by atoms with Gasteiger partial charge in [0.25, 0.3) is 0 Å². The number of aromatic amines is 1. The molecule has 6 heteroatoms. The van der Waals surface area contributed by atoms with E-state index in [4.69, 9.17) is 5.73 Å². The summed E-state index contributed by atoms with van der Waals surface area (Å²) >= 11 is 0. The van der Waals surface area contributed by atoms with Gasteiger partial charge in [0.15, 0.2) is 0 Å². The van der Waals surface area contributed by atoms with Crippen LogP contribution in [0.3, 0.4) is 0 Å². The third-order valence-corrected chi connectivity index (χ3v) is 5.49. The van der Waals surface area contributed by atoms with Gasteiger partial charge in [-0.1, -0.05) is 20.3 Å². The van der Waals surface area contributed by atoms with E-state index in [9.17, 15) is 8.42 Å². The van der Waals surface area contributed by atoms with E-state index in [0.717, 1.165) is 11.9 Å². The van der Waals surface area contributed by atoms with Crippen LogP contribution in [0.4, 0.5) is 5.69 Å². The third kappa shape index (κ3) is 2.66. The van der Waals surface area contributed by atoms with Gasteiger partial charge in [-0.25, -0.2) is 12.7 Å². The van der Waals surface area contributed by atoms with Crippen LogP contribution in [0.1, 0.15) is 20.3 Å². The van der Waals surface area contributed by atoms with Gasteiger partial charge in [0.2, 0.25) is 10.0 Å². The van der Waals surface area contributed by atoms with Gasteiger partial charge in [-0.15, -0.1) is 0 Å². The van der Waals surface area contributed by atoms with E-state index in [0.29, 0.717) is 28.4 Å². The zero-order valence-corrected chi connectivity index (χ0v) is 12.9. The van der Waals surface area contributed by atoms with Crippen LogP contribution in [0.15, 0.2) is 29.3 Å². The van der Waals surface area contributed by atoms with Crippen molar-refractivity contribution < 1.29 is 8.42 Å². The number of rotatable bonds is 5. The number of H-pyrrole nitrogens is 1. The maximum Gasteiger partial charge on any atom is 0.244 e. The molecule has 0 fully saturated rings. The lowest BCUT2D eigenvalue weighted by Gasteiger charge is -2.20. The van der Waals surface area contributed by atoms with Gasteiger partial charge in [-0.05, 0) is 24.1 Å². The van der Waals surface area contributed by atoms with E-state index < -0.39 is 10.0 Å². The van der Waals surface area contributed by atoms with Crippen LogP contribution in [0.2, 0.25) is 0 Å². The van der Waals surface area contributed by atoms with Gasteiger partial charge in [-0.3, -0.25) is 0 Å². The molecule has 0 saturated heterocycles. The van der Waals surface area contributed by atoms with E-state index in [2.05, 4.69) is 11.9 Å². The normalized spacial score (nSPS) is 14.0. The van der Waals surface area contributed by atoms with Crippen molar-refractivity contribution in [3.05, 3.63) is 24.4 Å². The summed E-state index contributed by atoms with van der Waals surface area (Å²) in [4.78, 5) is 3.28. The highest BCUT2D eigenvalue weighted by molar-refractivity contribution is 7.89. The molecule has 0 aliphatic heterocycles. The molecule has 0 aliphatic carbocycles. The van der Waals surface area contributed by atoms with E-state index in [1.807, 2.05) is 6.92 Å². The molecule has 2 rings (SSSR count). The summed E-state index contributed by atoms with van der Waals surface area (Å²) in [6, 6.07) is 5.19. The average molecular weight is 295 g/mol. The lowest BCUT2D eigenvalue weighted by atomic mass is 10.1. The molecule has 0 amide bonds. The predicted octanol–water partition coefficient (Wildman–Crippen LogP) is 2.42. The van der Waals surface area contributed by atoms with Crippen LogP contribution in [0.25, 0.3) is 10.9 Å². The number of nitrogens with zero attached hydrogens (tertiary/aromatic N) is 1. The van der Waals surface area contributed by atoms with E-state index in [-0.39, 0.29) is 0 Å². The molecule has 20 heavy (non-hydrogen) atoms. The molecule has 0 radical (unpaired) electrons. The number of hydrogen-bond donors (Lipinski definition) is 2. The molecule has 1 aromatic heterocycles. The van der Waals surface area contributed by atoms with Crippen LogP contribution >= 0.6 is 0 Å². The number of sulfonamides is 1. The first kappa shape index (κ1) is 14.9. The first-order valence-corrected chi connectivity index (χ1v) is 8.13. The fourth-order valence-corrected chi connectivity index (χ4v) is 3.61.